The second kappa shape index (κ2) is 9.25. The van der Waals surface area contributed by atoms with Crippen LogP contribution < -0.4 is 19.7 Å². The van der Waals surface area contributed by atoms with Gasteiger partial charge in [0.1, 0.15) is 10.6 Å². The third kappa shape index (κ3) is 4.61. The number of esters is 1. The molecule has 166 valence electrons. The molecule has 2 aromatic rings. The molecule has 2 saturated heterocycles. The molecule has 0 aliphatic carbocycles. The highest BCUT2D eigenvalue weighted by Crippen LogP contribution is 2.44. The van der Waals surface area contributed by atoms with Crippen LogP contribution in [0, 0.1) is 6.92 Å². The van der Waals surface area contributed by atoms with Crippen LogP contribution in [0.3, 0.4) is 0 Å². The van der Waals surface area contributed by atoms with Gasteiger partial charge in [0.15, 0.2) is 11.5 Å². The van der Waals surface area contributed by atoms with Gasteiger partial charge in [-0.2, -0.15) is 0 Å². The number of carbonyl (C=O) groups is 4. The van der Waals surface area contributed by atoms with Crippen molar-refractivity contribution in [3.05, 3.63) is 53.6 Å². The van der Waals surface area contributed by atoms with Crippen LogP contribution in [0.5, 0.6) is 11.5 Å². The molecular weight excluding hydrogens is 452 g/mol. The summed E-state index contributed by atoms with van der Waals surface area (Å²) in [4.78, 5) is 49.5. The number of methoxy groups -OCH3 is 1. The maximum atomic E-state index is 12.6. The molecule has 3 amide bonds. The normalized spacial score (nSPS) is 20.4. The summed E-state index contributed by atoms with van der Waals surface area (Å²) in [5, 5.41) is 0.620. The Morgan fingerprint density at radius 3 is 2.53 bits per heavy atom. The van der Waals surface area contributed by atoms with E-state index >= 15 is 0 Å². The van der Waals surface area contributed by atoms with Crippen molar-refractivity contribution < 1.29 is 28.7 Å². The van der Waals surface area contributed by atoms with Crippen molar-refractivity contribution in [2.45, 2.75) is 24.0 Å². The molecule has 32 heavy (non-hydrogen) atoms. The van der Waals surface area contributed by atoms with Crippen molar-refractivity contribution in [1.29, 1.82) is 0 Å². The lowest BCUT2D eigenvalue weighted by molar-refractivity contribution is -0.136. The van der Waals surface area contributed by atoms with E-state index in [0.29, 0.717) is 11.5 Å². The number of imide groups is 1. The first-order valence-electron chi connectivity index (χ1n) is 9.76. The zero-order chi connectivity index (χ0) is 22.8. The Morgan fingerprint density at radius 1 is 1.12 bits per heavy atom. The number of thioether (sulfide) groups is 2. The smallest absolute Gasteiger partial charge is 0.312 e. The summed E-state index contributed by atoms with van der Waals surface area (Å²) in [6.07, 6.45) is -0.235. The molecule has 10 heteroatoms. The molecule has 1 N–H and O–H groups in total. The number of hydrogen-bond donors (Lipinski definition) is 1. The molecule has 0 bridgehead atoms. The van der Waals surface area contributed by atoms with Gasteiger partial charge in [0.25, 0.3) is 5.24 Å². The number of anilines is 1. The molecule has 2 fully saturated rings. The molecule has 0 unspecified atom stereocenters. The number of nitrogens with one attached hydrogen (secondary N) is 1. The standard InChI is InChI=1S/C22H20N2O6S2/c1-12-3-6-14(7-4-12)24-18(25)11-31-21(24)13-5-8-15(16(9-13)29-2)30-19(26)10-17-20(27)23-22(28)32-17/h3-9,17,21H,10-11H2,1-2H3,(H,23,27,28)/t17-,21+/m1/s1. The van der Waals surface area contributed by atoms with Crippen LogP contribution in [-0.2, 0) is 14.4 Å². The lowest BCUT2D eigenvalue weighted by Crippen LogP contribution is -2.28. The highest BCUT2D eigenvalue weighted by atomic mass is 32.2. The maximum Gasteiger partial charge on any atom is 0.312 e. The van der Waals surface area contributed by atoms with E-state index in [9.17, 15) is 19.2 Å². The Balaban J connectivity index is 1.52. The van der Waals surface area contributed by atoms with Crippen molar-refractivity contribution in [2.24, 2.45) is 0 Å². The number of benzene rings is 2. The van der Waals surface area contributed by atoms with E-state index in [2.05, 4.69) is 5.32 Å². The van der Waals surface area contributed by atoms with Gasteiger partial charge in [0, 0.05) is 5.69 Å². The number of rotatable bonds is 6. The third-order valence-corrected chi connectivity index (χ3v) is 7.19. The fraction of sp³-hybridized carbons (Fsp3) is 0.273. The predicted molar refractivity (Wildman–Crippen MR) is 122 cm³/mol. The molecule has 0 spiro atoms. The van der Waals surface area contributed by atoms with Crippen LogP contribution in [0.1, 0.15) is 22.9 Å². The van der Waals surface area contributed by atoms with Crippen LogP contribution in [0.25, 0.3) is 0 Å². The number of hydrogen-bond acceptors (Lipinski definition) is 8. The molecule has 0 aromatic heterocycles. The molecule has 0 saturated carbocycles. The molecule has 2 aliphatic rings. The lowest BCUT2D eigenvalue weighted by Gasteiger charge is -2.25. The van der Waals surface area contributed by atoms with Gasteiger partial charge in [-0.15, -0.1) is 11.8 Å². The Labute approximate surface area is 193 Å². The van der Waals surface area contributed by atoms with E-state index in [1.165, 1.54) is 18.9 Å². The summed E-state index contributed by atoms with van der Waals surface area (Å²) in [5.41, 5.74) is 2.75. The summed E-state index contributed by atoms with van der Waals surface area (Å²) in [6, 6.07) is 12.9. The van der Waals surface area contributed by atoms with Gasteiger partial charge in [-0.1, -0.05) is 35.5 Å². The van der Waals surface area contributed by atoms with Crippen molar-refractivity contribution in [1.82, 2.24) is 5.32 Å². The summed E-state index contributed by atoms with van der Waals surface area (Å²) >= 11 is 2.27. The second-order valence-electron chi connectivity index (χ2n) is 7.23. The largest absolute Gasteiger partial charge is 0.493 e. The van der Waals surface area contributed by atoms with Crippen LogP contribution in [-0.4, -0.2) is 41.1 Å². The van der Waals surface area contributed by atoms with E-state index in [-0.39, 0.29) is 23.5 Å². The predicted octanol–water partition coefficient (Wildman–Crippen LogP) is 3.43. The van der Waals surface area contributed by atoms with E-state index in [1.54, 1.807) is 23.1 Å². The van der Waals surface area contributed by atoms with E-state index in [4.69, 9.17) is 9.47 Å². The van der Waals surface area contributed by atoms with E-state index in [0.717, 1.165) is 28.6 Å². The van der Waals surface area contributed by atoms with Gasteiger partial charge in [-0.3, -0.25) is 29.4 Å². The zero-order valence-electron chi connectivity index (χ0n) is 17.3. The molecule has 8 nitrogen and oxygen atoms in total. The Morgan fingerprint density at radius 2 is 1.88 bits per heavy atom. The van der Waals surface area contributed by atoms with Gasteiger partial charge in [0.2, 0.25) is 11.8 Å². The third-order valence-electron chi connectivity index (χ3n) is 5.00. The monoisotopic (exact) mass is 472 g/mol. The fourth-order valence-electron chi connectivity index (χ4n) is 3.42. The number of carbonyl (C=O) groups excluding carboxylic acids is 4. The molecule has 2 aromatic carbocycles. The number of amides is 3. The zero-order valence-corrected chi connectivity index (χ0v) is 19.0. The van der Waals surface area contributed by atoms with Gasteiger partial charge >= 0.3 is 5.97 Å². The summed E-state index contributed by atoms with van der Waals surface area (Å²) in [6.45, 7) is 1.99. The van der Waals surface area contributed by atoms with Crippen LogP contribution in [0.4, 0.5) is 10.5 Å². The average Bonchev–Trinajstić information content (AvgIpc) is 3.30. The van der Waals surface area contributed by atoms with E-state index < -0.39 is 22.4 Å². The van der Waals surface area contributed by atoms with Crippen molar-refractivity contribution in [2.75, 3.05) is 17.8 Å². The minimum absolute atomic E-state index is 0.0141. The fourth-order valence-corrected chi connectivity index (χ4v) is 5.39. The first-order valence-corrected chi connectivity index (χ1v) is 11.7. The quantitative estimate of drug-likeness (QED) is 0.504. The van der Waals surface area contributed by atoms with Gasteiger partial charge in [-0.25, -0.2) is 0 Å². The summed E-state index contributed by atoms with van der Waals surface area (Å²) in [5.74, 6) is -0.243. The molecule has 2 heterocycles. The molecule has 0 radical (unpaired) electrons. The van der Waals surface area contributed by atoms with Crippen LogP contribution >= 0.6 is 23.5 Å². The van der Waals surface area contributed by atoms with Crippen molar-refractivity contribution in [3.63, 3.8) is 0 Å². The minimum atomic E-state index is -0.802. The Hall–Kier alpha value is -2.98. The maximum absolute atomic E-state index is 12.6. The van der Waals surface area contributed by atoms with Crippen LogP contribution in [0.2, 0.25) is 0 Å². The number of aryl methyl sites for hydroxylation is 1. The Kier molecular flexibility index (Phi) is 6.43. The highest BCUT2D eigenvalue weighted by molar-refractivity contribution is 8.15. The molecule has 4 rings (SSSR count). The van der Waals surface area contributed by atoms with Crippen molar-refractivity contribution in [3.8, 4) is 11.5 Å². The Bertz CT molecular complexity index is 1090. The summed E-state index contributed by atoms with van der Waals surface area (Å²) < 4.78 is 10.8. The molecular formula is C22H20N2O6S2. The topological polar surface area (TPSA) is 102 Å². The SMILES string of the molecule is COc1cc([C@@H]2SCC(=O)N2c2ccc(C)cc2)ccc1OC(=O)C[C@H]1SC(=O)NC1=O. The molecule has 2 aliphatic heterocycles. The van der Waals surface area contributed by atoms with Gasteiger partial charge in [-0.05, 0) is 36.8 Å². The summed E-state index contributed by atoms with van der Waals surface area (Å²) in [7, 11) is 1.46. The average molecular weight is 473 g/mol. The van der Waals surface area contributed by atoms with Crippen LogP contribution in [0.15, 0.2) is 42.5 Å². The minimum Gasteiger partial charge on any atom is -0.493 e. The number of nitrogens with zero attached hydrogens (tertiary/aromatic N) is 1. The van der Waals surface area contributed by atoms with E-state index in [1.807, 2.05) is 31.2 Å². The lowest BCUT2D eigenvalue weighted by atomic mass is 10.1. The second-order valence-corrected chi connectivity index (χ2v) is 9.48. The first-order chi connectivity index (χ1) is 15.4. The number of ether oxygens (including phenoxy) is 2. The van der Waals surface area contributed by atoms with Crippen molar-refractivity contribution >= 4 is 52.2 Å². The van der Waals surface area contributed by atoms with Gasteiger partial charge in [0.05, 0.1) is 19.3 Å². The molecule has 2 atom stereocenters. The van der Waals surface area contributed by atoms with Gasteiger partial charge < -0.3 is 9.47 Å². The first kappa shape index (κ1) is 22.2. The highest BCUT2D eigenvalue weighted by Gasteiger charge is 2.36.